The van der Waals surface area contributed by atoms with Gasteiger partial charge in [-0.1, -0.05) is 6.92 Å². The molecule has 1 fully saturated rings. The molecule has 2 N–H and O–H groups in total. The first kappa shape index (κ1) is 14.9. The molecule has 0 spiro atoms. The van der Waals surface area contributed by atoms with Gasteiger partial charge >= 0.3 is 0 Å². The third kappa shape index (κ3) is 3.42. The number of carbonyl (C=O) groups is 1. The molecular formula is C17H22N4O. The molecule has 116 valence electrons. The second-order valence-electron chi connectivity index (χ2n) is 6.07. The van der Waals surface area contributed by atoms with Crippen LogP contribution < -0.4 is 10.6 Å². The molecule has 1 amide bonds. The maximum atomic E-state index is 12.3. The van der Waals surface area contributed by atoms with Gasteiger partial charge in [-0.15, -0.1) is 0 Å². The van der Waals surface area contributed by atoms with Gasteiger partial charge in [0, 0.05) is 30.4 Å². The van der Waals surface area contributed by atoms with Gasteiger partial charge in [-0.25, -0.2) is 0 Å². The van der Waals surface area contributed by atoms with E-state index in [1.165, 1.54) is 0 Å². The molecule has 0 bridgehead atoms. The minimum atomic E-state index is 0.0717. The lowest BCUT2D eigenvalue weighted by atomic mass is 9.84. The number of fused-ring (bicyclic) bond motifs is 1. The molecule has 22 heavy (non-hydrogen) atoms. The van der Waals surface area contributed by atoms with Crippen molar-refractivity contribution in [1.82, 2.24) is 15.3 Å². The number of pyridine rings is 2. The van der Waals surface area contributed by atoms with Gasteiger partial charge in [0.1, 0.15) is 0 Å². The number of nitrogens with zero attached hydrogens (tertiary/aromatic N) is 2. The molecule has 1 saturated heterocycles. The zero-order valence-corrected chi connectivity index (χ0v) is 12.9. The van der Waals surface area contributed by atoms with Crippen LogP contribution in [0.3, 0.4) is 0 Å². The third-order valence-electron chi connectivity index (χ3n) is 4.51. The average molecular weight is 298 g/mol. The molecule has 5 nitrogen and oxygen atoms in total. The number of anilines is 1. The SMILES string of the molecule is CC(CC(=O)Nc1ccnc2ccncc12)C1CCNCC1. The highest BCUT2D eigenvalue weighted by Gasteiger charge is 2.22. The van der Waals surface area contributed by atoms with Gasteiger partial charge in [-0.2, -0.15) is 0 Å². The first-order chi connectivity index (χ1) is 10.7. The van der Waals surface area contributed by atoms with E-state index in [2.05, 4.69) is 27.5 Å². The maximum Gasteiger partial charge on any atom is 0.224 e. The van der Waals surface area contributed by atoms with E-state index in [0.717, 1.165) is 42.5 Å². The quantitative estimate of drug-likeness (QED) is 0.910. The predicted molar refractivity (Wildman–Crippen MR) is 87.5 cm³/mol. The molecule has 2 aromatic rings. The Morgan fingerprint density at radius 3 is 3.00 bits per heavy atom. The third-order valence-corrected chi connectivity index (χ3v) is 4.51. The van der Waals surface area contributed by atoms with Crippen LogP contribution >= 0.6 is 0 Å². The van der Waals surface area contributed by atoms with E-state index in [0.29, 0.717) is 18.3 Å². The lowest BCUT2D eigenvalue weighted by molar-refractivity contribution is -0.117. The summed E-state index contributed by atoms with van der Waals surface area (Å²) >= 11 is 0. The van der Waals surface area contributed by atoms with Gasteiger partial charge in [0.25, 0.3) is 0 Å². The van der Waals surface area contributed by atoms with E-state index >= 15 is 0 Å². The van der Waals surface area contributed by atoms with Crippen molar-refractivity contribution in [3.8, 4) is 0 Å². The molecular weight excluding hydrogens is 276 g/mol. The first-order valence-electron chi connectivity index (χ1n) is 7.93. The summed E-state index contributed by atoms with van der Waals surface area (Å²) in [4.78, 5) is 20.7. The van der Waals surface area contributed by atoms with Gasteiger partial charge in [0.05, 0.1) is 11.2 Å². The fraction of sp³-hybridized carbons (Fsp3) is 0.471. The van der Waals surface area contributed by atoms with Gasteiger partial charge in [0.2, 0.25) is 5.91 Å². The fourth-order valence-corrected chi connectivity index (χ4v) is 3.17. The van der Waals surface area contributed by atoms with Crippen LogP contribution in [0.2, 0.25) is 0 Å². The van der Waals surface area contributed by atoms with Crippen LogP contribution in [0.25, 0.3) is 10.9 Å². The second-order valence-corrected chi connectivity index (χ2v) is 6.07. The van der Waals surface area contributed by atoms with Crippen LogP contribution in [0, 0.1) is 11.8 Å². The van der Waals surface area contributed by atoms with Gasteiger partial charge < -0.3 is 10.6 Å². The van der Waals surface area contributed by atoms with Crippen molar-refractivity contribution in [2.24, 2.45) is 11.8 Å². The molecule has 1 atom stereocenters. The van der Waals surface area contributed by atoms with Crippen molar-refractivity contribution < 1.29 is 4.79 Å². The number of rotatable bonds is 4. The fourth-order valence-electron chi connectivity index (χ4n) is 3.17. The topological polar surface area (TPSA) is 66.9 Å². The summed E-state index contributed by atoms with van der Waals surface area (Å²) < 4.78 is 0. The molecule has 1 unspecified atom stereocenters. The molecule has 1 aliphatic heterocycles. The van der Waals surface area contributed by atoms with E-state index in [9.17, 15) is 4.79 Å². The zero-order valence-electron chi connectivity index (χ0n) is 12.9. The minimum Gasteiger partial charge on any atom is -0.325 e. The van der Waals surface area contributed by atoms with Crippen molar-refractivity contribution in [3.05, 3.63) is 30.7 Å². The van der Waals surface area contributed by atoms with E-state index in [-0.39, 0.29) is 5.91 Å². The summed E-state index contributed by atoms with van der Waals surface area (Å²) in [7, 11) is 0. The number of hydrogen-bond acceptors (Lipinski definition) is 4. The number of carbonyl (C=O) groups excluding carboxylic acids is 1. The Hall–Kier alpha value is -2.01. The number of aromatic nitrogens is 2. The molecule has 1 aliphatic rings. The monoisotopic (exact) mass is 298 g/mol. The van der Waals surface area contributed by atoms with Crippen molar-refractivity contribution in [1.29, 1.82) is 0 Å². The number of amides is 1. The summed E-state index contributed by atoms with van der Waals surface area (Å²) in [6.07, 6.45) is 8.06. The highest BCUT2D eigenvalue weighted by atomic mass is 16.1. The zero-order chi connectivity index (χ0) is 15.4. The average Bonchev–Trinajstić information content (AvgIpc) is 2.56. The Bertz CT molecular complexity index is 647. The standard InChI is InChI=1S/C17H22N4O/c1-12(13-2-6-18-7-3-13)10-17(22)21-16-5-9-20-15-4-8-19-11-14(15)16/h4-5,8-9,11-13,18H,2-3,6-7,10H2,1H3,(H,20,21,22). The molecule has 5 heteroatoms. The molecule has 3 heterocycles. The number of hydrogen-bond donors (Lipinski definition) is 2. The molecule has 3 rings (SSSR count). The van der Waals surface area contributed by atoms with Crippen molar-refractivity contribution in [2.75, 3.05) is 18.4 Å². The van der Waals surface area contributed by atoms with E-state index in [1.54, 1.807) is 18.6 Å². The summed E-state index contributed by atoms with van der Waals surface area (Å²) in [5.74, 6) is 1.12. The van der Waals surface area contributed by atoms with Crippen LogP contribution in [0.1, 0.15) is 26.2 Å². The normalized spacial score (nSPS) is 17.3. The van der Waals surface area contributed by atoms with E-state index < -0.39 is 0 Å². The van der Waals surface area contributed by atoms with Crippen molar-refractivity contribution in [2.45, 2.75) is 26.2 Å². The molecule has 0 saturated carbocycles. The highest BCUT2D eigenvalue weighted by Crippen LogP contribution is 2.25. The second kappa shape index (κ2) is 6.83. The molecule has 0 aliphatic carbocycles. The number of piperidine rings is 1. The Morgan fingerprint density at radius 2 is 2.18 bits per heavy atom. The Balaban J connectivity index is 1.65. The smallest absolute Gasteiger partial charge is 0.224 e. The molecule has 2 aromatic heterocycles. The van der Waals surface area contributed by atoms with Crippen LogP contribution in [0.5, 0.6) is 0 Å². The lowest BCUT2D eigenvalue weighted by Crippen LogP contribution is -2.32. The van der Waals surface area contributed by atoms with Gasteiger partial charge in [-0.05, 0) is 49.9 Å². The Morgan fingerprint density at radius 1 is 1.36 bits per heavy atom. The lowest BCUT2D eigenvalue weighted by Gasteiger charge is -2.27. The van der Waals surface area contributed by atoms with Gasteiger partial charge in [0.15, 0.2) is 0 Å². The first-order valence-corrected chi connectivity index (χ1v) is 7.93. The van der Waals surface area contributed by atoms with Crippen LogP contribution in [0.4, 0.5) is 5.69 Å². The predicted octanol–water partition coefficient (Wildman–Crippen LogP) is 2.59. The molecule has 0 radical (unpaired) electrons. The van der Waals surface area contributed by atoms with Crippen molar-refractivity contribution >= 4 is 22.5 Å². The van der Waals surface area contributed by atoms with Crippen LogP contribution in [-0.2, 0) is 4.79 Å². The Labute approximate surface area is 130 Å². The summed E-state index contributed by atoms with van der Waals surface area (Å²) in [5.41, 5.74) is 1.64. The number of nitrogens with one attached hydrogen (secondary N) is 2. The van der Waals surface area contributed by atoms with E-state index in [4.69, 9.17) is 0 Å². The summed E-state index contributed by atoms with van der Waals surface area (Å²) in [6.45, 7) is 4.32. The maximum absolute atomic E-state index is 12.3. The summed E-state index contributed by atoms with van der Waals surface area (Å²) in [6, 6.07) is 3.68. The highest BCUT2D eigenvalue weighted by molar-refractivity contribution is 6.00. The largest absolute Gasteiger partial charge is 0.325 e. The van der Waals surface area contributed by atoms with Crippen LogP contribution in [0.15, 0.2) is 30.7 Å². The van der Waals surface area contributed by atoms with E-state index in [1.807, 2.05) is 12.1 Å². The minimum absolute atomic E-state index is 0.0717. The van der Waals surface area contributed by atoms with Crippen LogP contribution in [-0.4, -0.2) is 29.0 Å². The van der Waals surface area contributed by atoms with Crippen molar-refractivity contribution in [3.63, 3.8) is 0 Å². The Kier molecular flexibility index (Phi) is 4.63. The summed E-state index contributed by atoms with van der Waals surface area (Å²) in [5, 5.41) is 7.27. The van der Waals surface area contributed by atoms with Gasteiger partial charge in [-0.3, -0.25) is 14.8 Å². The molecule has 0 aromatic carbocycles.